The maximum Gasteiger partial charge on any atom is 0.124 e. The molecule has 2 unspecified atom stereocenters. The van der Waals surface area contributed by atoms with Crippen LogP contribution in [0.1, 0.15) is 25.8 Å². The first-order chi connectivity index (χ1) is 7.58. The molecule has 0 aromatic heterocycles. The second-order valence-electron chi connectivity index (χ2n) is 4.75. The van der Waals surface area contributed by atoms with E-state index in [1.54, 1.807) is 0 Å². The molecule has 2 atom stereocenters. The molecule has 1 aliphatic carbocycles. The van der Waals surface area contributed by atoms with Crippen molar-refractivity contribution >= 4 is 11.6 Å². The molecule has 1 saturated carbocycles. The Labute approximate surface area is 101 Å². The zero-order valence-corrected chi connectivity index (χ0v) is 10.4. The van der Waals surface area contributed by atoms with Crippen molar-refractivity contribution in [2.45, 2.75) is 25.7 Å². The second-order valence-corrected chi connectivity index (χ2v) is 5.16. The number of hydrogen-bond donors (Lipinski definition) is 1. The van der Waals surface area contributed by atoms with Crippen LogP contribution >= 0.6 is 11.6 Å². The van der Waals surface area contributed by atoms with Gasteiger partial charge in [-0.3, -0.25) is 0 Å². The maximum atomic E-state index is 13.0. The minimum Gasteiger partial charge on any atom is -0.317 e. The molecule has 0 heterocycles. The predicted octanol–water partition coefficient (Wildman–Crippen LogP) is 3.37. The largest absolute Gasteiger partial charge is 0.317 e. The van der Waals surface area contributed by atoms with Crippen molar-refractivity contribution in [1.29, 1.82) is 0 Å². The molecule has 1 aromatic rings. The van der Waals surface area contributed by atoms with E-state index in [4.69, 9.17) is 11.6 Å². The van der Waals surface area contributed by atoms with Crippen LogP contribution in [0.15, 0.2) is 18.2 Å². The van der Waals surface area contributed by atoms with E-state index in [1.807, 2.05) is 6.07 Å². The molecule has 2 rings (SSSR count). The van der Waals surface area contributed by atoms with Gasteiger partial charge >= 0.3 is 0 Å². The average Bonchev–Trinajstić information content (AvgIpc) is 2.87. The first kappa shape index (κ1) is 11.9. The summed E-state index contributed by atoms with van der Waals surface area (Å²) in [7, 11) is 0. The first-order valence-corrected chi connectivity index (χ1v) is 6.12. The molecule has 16 heavy (non-hydrogen) atoms. The summed E-state index contributed by atoms with van der Waals surface area (Å²) < 4.78 is 13.0. The van der Waals surface area contributed by atoms with E-state index < -0.39 is 0 Å². The standard InChI is InChI=1S/C13H17ClFN/c1-3-16-8-9-7-13(9,2)11-5-4-10(15)6-12(11)14/h4-6,9,16H,3,7-8H2,1-2H3. The van der Waals surface area contributed by atoms with Crippen LogP contribution in [0.4, 0.5) is 4.39 Å². The molecule has 0 amide bonds. The zero-order valence-electron chi connectivity index (χ0n) is 9.69. The summed E-state index contributed by atoms with van der Waals surface area (Å²) in [5, 5.41) is 3.91. The third-order valence-electron chi connectivity index (χ3n) is 3.60. The highest BCUT2D eigenvalue weighted by Gasteiger charge is 2.51. The Balaban J connectivity index is 2.13. The van der Waals surface area contributed by atoms with Gasteiger partial charge in [0.1, 0.15) is 5.82 Å². The molecule has 0 saturated heterocycles. The topological polar surface area (TPSA) is 12.0 Å². The van der Waals surface area contributed by atoms with Gasteiger partial charge in [0.2, 0.25) is 0 Å². The van der Waals surface area contributed by atoms with E-state index in [9.17, 15) is 4.39 Å². The van der Waals surface area contributed by atoms with E-state index in [-0.39, 0.29) is 11.2 Å². The van der Waals surface area contributed by atoms with Gasteiger partial charge in [-0.2, -0.15) is 0 Å². The monoisotopic (exact) mass is 241 g/mol. The van der Waals surface area contributed by atoms with Crippen LogP contribution in [0.25, 0.3) is 0 Å². The van der Waals surface area contributed by atoms with Crippen LogP contribution in [-0.4, -0.2) is 13.1 Å². The fourth-order valence-electron chi connectivity index (χ4n) is 2.35. The maximum absolute atomic E-state index is 13.0. The van der Waals surface area contributed by atoms with Crippen molar-refractivity contribution in [3.63, 3.8) is 0 Å². The minimum atomic E-state index is -0.263. The van der Waals surface area contributed by atoms with Crippen LogP contribution in [0.3, 0.4) is 0 Å². The van der Waals surface area contributed by atoms with Gasteiger partial charge in [-0.05, 0) is 48.5 Å². The van der Waals surface area contributed by atoms with Gasteiger partial charge < -0.3 is 5.32 Å². The normalized spacial score (nSPS) is 28.1. The van der Waals surface area contributed by atoms with E-state index in [2.05, 4.69) is 19.2 Å². The molecule has 1 fully saturated rings. The molecule has 0 radical (unpaired) electrons. The van der Waals surface area contributed by atoms with Crippen molar-refractivity contribution in [2.75, 3.05) is 13.1 Å². The predicted molar refractivity (Wildman–Crippen MR) is 65.4 cm³/mol. The third-order valence-corrected chi connectivity index (χ3v) is 3.91. The van der Waals surface area contributed by atoms with Gasteiger partial charge in [-0.1, -0.05) is 31.5 Å². The molecule has 3 heteroatoms. The van der Waals surface area contributed by atoms with Crippen LogP contribution < -0.4 is 5.32 Å². The molecule has 1 aromatic carbocycles. The van der Waals surface area contributed by atoms with Crippen molar-refractivity contribution in [1.82, 2.24) is 5.32 Å². The van der Waals surface area contributed by atoms with Gasteiger partial charge in [0, 0.05) is 5.02 Å². The Hall–Kier alpha value is -0.600. The molecule has 1 nitrogen and oxygen atoms in total. The molecule has 0 bridgehead atoms. The van der Waals surface area contributed by atoms with Gasteiger partial charge in [-0.25, -0.2) is 4.39 Å². The van der Waals surface area contributed by atoms with Crippen molar-refractivity contribution < 1.29 is 4.39 Å². The Kier molecular flexibility index (Phi) is 3.22. The minimum absolute atomic E-state index is 0.132. The molecule has 0 aliphatic heterocycles. The molecular weight excluding hydrogens is 225 g/mol. The summed E-state index contributed by atoms with van der Waals surface area (Å²) in [6.45, 7) is 6.31. The highest BCUT2D eigenvalue weighted by Crippen LogP contribution is 2.55. The number of hydrogen-bond acceptors (Lipinski definition) is 1. The summed E-state index contributed by atoms with van der Waals surface area (Å²) in [4.78, 5) is 0. The average molecular weight is 242 g/mol. The fraction of sp³-hybridized carbons (Fsp3) is 0.538. The Morgan fingerprint density at radius 2 is 2.31 bits per heavy atom. The quantitative estimate of drug-likeness (QED) is 0.852. The van der Waals surface area contributed by atoms with Gasteiger partial charge in [-0.15, -0.1) is 0 Å². The fourth-order valence-corrected chi connectivity index (χ4v) is 2.73. The van der Waals surface area contributed by atoms with Crippen LogP contribution in [-0.2, 0) is 5.41 Å². The number of rotatable bonds is 4. The van der Waals surface area contributed by atoms with Crippen molar-refractivity contribution in [3.05, 3.63) is 34.6 Å². The summed E-state index contributed by atoms with van der Waals surface area (Å²) in [6, 6.07) is 4.73. The molecule has 88 valence electrons. The van der Waals surface area contributed by atoms with Gasteiger partial charge in [0.05, 0.1) is 0 Å². The Morgan fingerprint density at radius 3 is 2.94 bits per heavy atom. The van der Waals surface area contributed by atoms with E-state index >= 15 is 0 Å². The summed E-state index contributed by atoms with van der Waals surface area (Å²) in [6.07, 6.45) is 1.13. The highest BCUT2D eigenvalue weighted by molar-refractivity contribution is 6.31. The second kappa shape index (κ2) is 4.34. The SMILES string of the molecule is CCNCC1CC1(C)c1ccc(F)cc1Cl. The third kappa shape index (κ3) is 2.09. The van der Waals surface area contributed by atoms with Gasteiger partial charge in [0.15, 0.2) is 0 Å². The number of benzene rings is 1. The van der Waals surface area contributed by atoms with Crippen LogP contribution in [0, 0.1) is 11.7 Å². The lowest BCUT2D eigenvalue weighted by atomic mass is 9.95. The molecule has 1 aliphatic rings. The van der Waals surface area contributed by atoms with Gasteiger partial charge in [0.25, 0.3) is 0 Å². The first-order valence-electron chi connectivity index (χ1n) is 5.74. The van der Waals surface area contributed by atoms with E-state index in [0.29, 0.717) is 10.9 Å². The van der Waals surface area contributed by atoms with E-state index in [0.717, 1.165) is 25.1 Å². The summed E-state index contributed by atoms with van der Waals surface area (Å²) in [5.41, 5.74) is 1.21. The number of nitrogens with one attached hydrogen (secondary N) is 1. The smallest absolute Gasteiger partial charge is 0.124 e. The summed E-state index contributed by atoms with van der Waals surface area (Å²) >= 11 is 6.09. The summed E-state index contributed by atoms with van der Waals surface area (Å²) in [5.74, 6) is 0.358. The lowest BCUT2D eigenvalue weighted by molar-refractivity contribution is 0.588. The highest BCUT2D eigenvalue weighted by atomic mass is 35.5. The lowest BCUT2D eigenvalue weighted by Gasteiger charge is -2.14. The Morgan fingerprint density at radius 1 is 1.56 bits per heavy atom. The van der Waals surface area contributed by atoms with Crippen LogP contribution in [0.2, 0.25) is 5.02 Å². The number of halogens is 2. The Bertz CT molecular complexity index is 394. The molecule has 0 spiro atoms. The molecule has 1 N–H and O–H groups in total. The van der Waals surface area contributed by atoms with Crippen molar-refractivity contribution in [2.24, 2.45) is 5.92 Å². The molecular formula is C13H17ClFN. The van der Waals surface area contributed by atoms with E-state index in [1.165, 1.54) is 12.1 Å². The lowest BCUT2D eigenvalue weighted by Crippen LogP contribution is -2.19. The zero-order chi connectivity index (χ0) is 11.8. The van der Waals surface area contributed by atoms with Crippen LogP contribution in [0.5, 0.6) is 0 Å². The van der Waals surface area contributed by atoms with Crippen molar-refractivity contribution in [3.8, 4) is 0 Å².